The third-order valence-electron chi connectivity index (χ3n) is 3.69. The molecule has 0 saturated heterocycles. The van der Waals surface area contributed by atoms with Crippen molar-refractivity contribution >= 4 is 5.97 Å². The summed E-state index contributed by atoms with van der Waals surface area (Å²) in [5.41, 5.74) is 2.38. The predicted octanol–water partition coefficient (Wildman–Crippen LogP) is 2.07. The Labute approximate surface area is 123 Å². The molecule has 0 spiro atoms. The van der Waals surface area contributed by atoms with Crippen molar-refractivity contribution in [3.8, 4) is 0 Å². The average Bonchev–Trinajstić information content (AvgIpc) is 2.87. The molecule has 112 valence electrons. The molecular formula is C15H20N4O2. The quantitative estimate of drug-likeness (QED) is 0.843. The maximum atomic E-state index is 10.9. The van der Waals surface area contributed by atoms with Gasteiger partial charge in [-0.3, -0.25) is 4.79 Å². The van der Waals surface area contributed by atoms with Crippen LogP contribution in [0.2, 0.25) is 0 Å². The Kier molecular flexibility index (Phi) is 5.03. The van der Waals surface area contributed by atoms with E-state index in [9.17, 15) is 4.79 Å². The third-order valence-corrected chi connectivity index (χ3v) is 3.69. The van der Waals surface area contributed by atoms with Crippen LogP contribution in [-0.2, 0) is 17.8 Å². The fraction of sp³-hybridized carbons (Fsp3) is 0.467. The van der Waals surface area contributed by atoms with Gasteiger partial charge >= 0.3 is 5.97 Å². The molecule has 1 N–H and O–H groups in total. The fourth-order valence-electron chi connectivity index (χ4n) is 2.30. The van der Waals surface area contributed by atoms with Crippen LogP contribution in [0.25, 0.3) is 0 Å². The smallest absolute Gasteiger partial charge is 0.303 e. The SMILES string of the molecule is CCC(CC(=O)O)Cn1nnnc1Cc1ccccc1C. The summed E-state index contributed by atoms with van der Waals surface area (Å²) in [6.45, 7) is 4.58. The van der Waals surface area contributed by atoms with E-state index in [1.54, 1.807) is 4.68 Å². The highest BCUT2D eigenvalue weighted by atomic mass is 16.4. The number of hydrogen-bond donors (Lipinski definition) is 1. The van der Waals surface area contributed by atoms with Gasteiger partial charge in [0.25, 0.3) is 0 Å². The molecule has 0 saturated carbocycles. The second-order valence-electron chi connectivity index (χ2n) is 5.25. The van der Waals surface area contributed by atoms with Gasteiger partial charge in [0.15, 0.2) is 5.82 Å². The number of tetrazole rings is 1. The number of carboxylic acid groups (broad SMARTS) is 1. The van der Waals surface area contributed by atoms with Crippen LogP contribution in [0.15, 0.2) is 24.3 Å². The molecule has 1 aromatic heterocycles. The number of nitrogens with zero attached hydrogens (tertiary/aromatic N) is 4. The third kappa shape index (κ3) is 4.11. The molecule has 0 radical (unpaired) electrons. The molecule has 0 fully saturated rings. The summed E-state index contributed by atoms with van der Waals surface area (Å²) < 4.78 is 1.73. The van der Waals surface area contributed by atoms with Crippen LogP contribution in [0.4, 0.5) is 0 Å². The van der Waals surface area contributed by atoms with E-state index >= 15 is 0 Å². The molecule has 6 nitrogen and oxygen atoms in total. The number of aliphatic carboxylic acids is 1. The first-order valence-corrected chi connectivity index (χ1v) is 7.11. The minimum Gasteiger partial charge on any atom is -0.481 e. The van der Waals surface area contributed by atoms with E-state index < -0.39 is 5.97 Å². The van der Waals surface area contributed by atoms with Crippen LogP contribution >= 0.6 is 0 Å². The van der Waals surface area contributed by atoms with Crippen LogP contribution in [-0.4, -0.2) is 31.3 Å². The summed E-state index contributed by atoms with van der Waals surface area (Å²) in [4.78, 5) is 10.9. The highest BCUT2D eigenvalue weighted by molar-refractivity contribution is 5.66. The van der Waals surface area contributed by atoms with E-state index in [-0.39, 0.29) is 12.3 Å². The van der Waals surface area contributed by atoms with Gasteiger partial charge in [0, 0.05) is 19.4 Å². The van der Waals surface area contributed by atoms with Gasteiger partial charge in [0.1, 0.15) is 0 Å². The molecule has 2 rings (SSSR count). The molecule has 0 aliphatic carbocycles. The number of aryl methyl sites for hydroxylation is 1. The lowest BCUT2D eigenvalue weighted by atomic mass is 10.0. The molecule has 0 aliphatic heterocycles. The van der Waals surface area contributed by atoms with Gasteiger partial charge in [0.2, 0.25) is 0 Å². The summed E-state index contributed by atoms with van der Waals surface area (Å²) in [5.74, 6) is 0.0325. The van der Waals surface area contributed by atoms with E-state index in [2.05, 4.69) is 34.6 Å². The summed E-state index contributed by atoms with van der Waals surface area (Å²) in [5, 5.41) is 20.7. The number of carboxylic acids is 1. The first kappa shape index (κ1) is 15.2. The lowest BCUT2D eigenvalue weighted by molar-refractivity contribution is -0.138. The van der Waals surface area contributed by atoms with Gasteiger partial charge in [-0.1, -0.05) is 37.6 Å². The minimum atomic E-state index is -0.782. The van der Waals surface area contributed by atoms with Gasteiger partial charge in [0.05, 0.1) is 0 Å². The Morgan fingerprint density at radius 3 is 2.81 bits per heavy atom. The second kappa shape index (κ2) is 6.97. The Balaban J connectivity index is 2.11. The monoisotopic (exact) mass is 288 g/mol. The molecular weight excluding hydrogens is 268 g/mol. The van der Waals surface area contributed by atoms with Gasteiger partial charge in [-0.15, -0.1) is 5.10 Å². The normalized spacial score (nSPS) is 12.3. The molecule has 6 heteroatoms. The second-order valence-corrected chi connectivity index (χ2v) is 5.25. The number of aromatic nitrogens is 4. The maximum Gasteiger partial charge on any atom is 0.303 e. The van der Waals surface area contributed by atoms with Crippen molar-refractivity contribution in [2.24, 2.45) is 5.92 Å². The zero-order valence-electron chi connectivity index (χ0n) is 12.4. The van der Waals surface area contributed by atoms with Gasteiger partial charge in [-0.25, -0.2) is 4.68 Å². The maximum absolute atomic E-state index is 10.9. The topological polar surface area (TPSA) is 80.9 Å². The molecule has 1 unspecified atom stereocenters. The Morgan fingerprint density at radius 1 is 1.38 bits per heavy atom. The zero-order valence-corrected chi connectivity index (χ0v) is 12.4. The lowest BCUT2D eigenvalue weighted by Crippen LogP contribution is -2.17. The number of benzene rings is 1. The predicted molar refractivity (Wildman–Crippen MR) is 77.8 cm³/mol. The van der Waals surface area contributed by atoms with Crippen molar-refractivity contribution in [1.82, 2.24) is 20.2 Å². The summed E-state index contributed by atoms with van der Waals surface area (Å²) >= 11 is 0. The Bertz CT molecular complexity index is 609. The highest BCUT2D eigenvalue weighted by Crippen LogP contribution is 2.15. The van der Waals surface area contributed by atoms with Gasteiger partial charge < -0.3 is 5.11 Å². The van der Waals surface area contributed by atoms with E-state index in [0.29, 0.717) is 13.0 Å². The summed E-state index contributed by atoms with van der Waals surface area (Å²) in [6.07, 6.45) is 1.58. The molecule has 1 heterocycles. The van der Waals surface area contributed by atoms with Crippen molar-refractivity contribution in [3.63, 3.8) is 0 Å². The van der Waals surface area contributed by atoms with Gasteiger partial charge in [-0.2, -0.15) is 0 Å². The van der Waals surface area contributed by atoms with Crippen molar-refractivity contribution in [2.75, 3.05) is 0 Å². The molecule has 0 aliphatic rings. The molecule has 21 heavy (non-hydrogen) atoms. The number of rotatable bonds is 7. The summed E-state index contributed by atoms with van der Waals surface area (Å²) in [7, 11) is 0. The first-order valence-electron chi connectivity index (χ1n) is 7.11. The van der Waals surface area contributed by atoms with Crippen LogP contribution < -0.4 is 0 Å². The number of hydrogen-bond acceptors (Lipinski definition) is 4. The van der Waals surface area contributed by atoms with Crippen LogP contribution in [0.5, 0.6) is 0 Å². The van der Waals surface area contributed by atoms with Crippen molar-refractivity contribution in [1.29, 1.82) is 0 Å². The molecule has 0 amide bonds. The van der Waals surface area contributed by atoms with E-state index in [0.717, 1.165) is 12.2 Å². The first-order chi connectivity index (χ1) is 10.1. The number of carbonyl (C=O) groups is 1. The van der Waals surface area contributed by atoms with Crippen LogP contribution in [0.1, 0.15) is 36.7 Å². The van der Waals surface area contributed by atoms with Crippen molar-refractivity contribution in [2.45, 2.75) is 39.7 Å². The molecule has 1 atom stereocenters. The van der Waals surface area contributed by atoms with Crippen molar-refractivity contribution < 1.29 is 9.90 Å². The Morgan fingerprint density at radius 2 is 2.14 bits per heavy atom. The van der Waals surface area contributed by atoms with Crippen LogP contribution in [0, 0.1) is 12.8 Å². The van der Waals surface area contributed by atoms with E-state index in [4.69, 9.17) is 5.11 Å². The Hall–Kier alpha value is -2.24. The molecule has 2 aromatic rings. The van der Waals surface area contributed by atoms with Gasteiger partial charge in [-0.05, 0) is 34.4 Å². The van der Waals surface area contributed by atoms with Crippen LogP contribution in [0.3, 0.4) is 0 Å². The van der Waals surface area contributed by atoms with E-state index in [1.807, 2.05) is 19.1 Å². The van der Waals surface area contributed by atoms with E-state index in [1.165, 1.54) is 11.1 Å². The minimum absolute atomic E-state index is 0.0432. The summed E-state index contributed by atoms with van der Waals surface area (Å²) in [6, 6.07) is 8.11. The highest BCUT2D eigenvalue weighted by Gasteiger charge is 2.16. The molecule has 1 aromatic carbocycles. The average molecular weight is 288 g/mol. The standard InChI is InChI=1S/C15H20N4O2/c1-3-12(8-15(20)21)10-19-14(16-17-18-19)9-13-7-5-4-6-11(13)2/h4-7,12H,3,8-10H2,1-2H3,(H,20,21). The molecule has 0 bridgehead atoms. The largest absolute Gasteiger partial charge is 0.481 e. The zero-order chi connectivity index (χ0) is 15.2. The van der Waals surface area contributed by atoms with Crippen molar-refractivity contribution in [3.05, 3.63) is 41.2 Å². The fourth-order valence-corrected chi connectivity index (χ4v) is 2.30. The lowest BCUT2D eigenvalue weighted by Gasteiger charge is -2.13.